The lowest BCUT2D eigenvalue weighted by atomic mass is 9.81. The fourth-order valence-corrected chi connectivity index (χ4v) is 1.67. The molecule has 0 heterocycles. The van der Waals surface area contributed by atoms with Crippen molar-refractivity contribution in [1.29, 1.82) is 0 Å². The minimum Gasteiger partial charge on any atom is -0.106 e. The van der Waals surface area contributed by atoms with Gasteiger partial charge in [-0.3, -0.25) is 0 Å². The summed E-state index contributed by atoms with van der Waals surface area (Å²) in [6.07, 6.45) is 6.34. The lowest BCUT2D eigenvalue weighted by Gasteiger charge is -2.22. The maximum absolute atomic E-state index is 3.34. The molecule has 0 aliphatic rings. The Hall–Kier alpha value is -0.440. The van der Waals surface area contributed by atoms with Crippen molar-refractivity contribution >= 4 is 0 Å². The van der Waals surface area contributed by atoms with Crippen LogP contribution in [0, 0.1) is 17.3 Å². The molecule has 0 aliphatic carbocycles. The summed E-state index contributed by atoms with van der Waals surface area (Å²) in [7, 11) is 0. The van der Waals surface area contributed by atoms with E-state index in [0.717, 1.165) is 0 Å². The Bertz CT molecular complexity index is 159. The third-order valence-corrected chi connectivity index (χ3v) is 2.31. The highest BCUT2D eigenvalue weighted by molar-refractivity contribution is 5.08. The predicted molar refractivity (Wildman–Crippen MR) is 56.0 cm³/mol. The molecule has 0 radical (unpaired) electrons. The molecule has 0 aromatic rings. The standard InChI is InChI=1S/C12H22/c1-5-8-11-12(4,9-6-2)10-7-3/h5-6,8-9,11H2,1-4H3. The first-order chi connectivity index (χ1) is 5.68. The van der Waals surface area contributed by atoms with Gasteiger partial charge in [-0.2, -0.15) is 0 Å². The van der Waals surface area contributed by atoms with E-state index in [1.807, 2.05) is 6.92 Å². The second kappa shape index (κ2) is 6.12. The van der Waals surface area contributed by atoms with Crippen molar-refractivity contribution in [2.75, 3.05) is 0 Å². The van der Waals surface area contributed by atoms with Crippen molar-refractivity contribution in [3.63, 3.8) is 0 Å². The smallest absolute Gasteiger partial charge is 0.0286 e. The summed E-state index contributed by atoms with van der Waals surface area (Å²) in [4.78, 5) is 0. The predicted octanol–water partition coefficient (Wildman–Crippen LogP) is 4.01. The summed E-state index contributed by atoms with van der Waals surface area (Å²) in [6.45, 7) is 8.72. The Morgan fingerprint density at radius 2 is 1.75 bits per heavy atom. The van der Waals surface area contributed by atoms with Crippen LogP contribution in [0.3, 0.4) is 0 Å². The summed E-state index contributed by atoms with van der Waals surface area (Å²) in [5.74, 6) is 6.40. The maximum Gasteiger partial charge on any atom is 0.0286 e. The molecule has 0 spiro atoms. The van der Waals surface area contributed by atoms with Crippen LogP contribution < -0.4 is 0 Å². The first kappa shape index (κ1) is 11.6. The lowest BCUT2D eigenvalue weighted by molar-refractivity contribution is 0.361. The number of rotatable bonds is 5. The average Bonchev–Trinajstić information content (AvgIpc) is 2.02. The normalized spacial score (nSPS) is 14.7. The molecule has 1 unspecified atom stereocenters. The molecule has 0 bridgehead atoms. The molecular weight excluding hydrogens is 144 g/mol. The highest BCUT2D eigenvalue weighted by atomic mass is 14.2. The summed E-state index contributed by atoms with van der Waals surface area (Å²) in [6, 6.07) is 0. The summed E-state index contributed by atoms with van der Waals surface area (Å²) < 4.78 is 0. The van der Waals surface area contributed by atoms with Crippen molar-refractivity contribution in [2.24, 2.45) is 5.41 Å². The minimum absolute atomic E-state index is 0.291. The molecule has 0 rings (SSSR count). The Balaban J connectivity index is 4.05. The zero-order valence-electron chi connectivity index (χ0n) is 9.04. The van der Waals surface area contributed by atoms with E-state index in [0.29, 0.717) is 5.41 Å². The van der Waals surface area contributed by atoms with Gasteiger partial charge in [-0.1, -0.05) is 39.0 Å². The fourth-order valence-electron chi connectivity index (χ4n) is 1.67. The average molecular weight is 166 g/mol. The Morgan fingerprint density at radius 1 is 1.08 bits per heavy atom. The van der Waals surface area contributed by atoms with Crippen LogP contribution in [-0.2, 0) is 0 Å². The third-order valence-electron chi connectivity index (χ3n) is 2.31. The molecule has 0 saturated heterocycles. The van der Waals surface area contributed by atoms with Crippen LogP contribution in [0.1, 0.15) is 59.8 Å². The van der Waals surface area contributed by atoms with Gasteiger partial charge < -0.3 is 0 Å². The lowest BCUT2D eigenvalue weighted by Crippen LogP contribution is -2.13. The summed E-state index contributed by atoms with van der Waals surface area (Å²) in [5, 5.41) is 0. The Morgan fingerprint density at radius 3 is 2.17 bits per heavy atom. The van der Waals surface area contributed by atoms with Crippen molar-refractivity contribution < 1.29 is 0 Å². The van der Waals surface area contributed by atoms with Gasteiger partial charge >= 0.3 is 0 Å². The zero-order chi connectivity index (χ0) is 9.45. The maximum atomic E-state index is 3.34. The molecule has 12 heavy (non-hydrogen) atoms. The molecule has 0 amide bonds. The summed E-state index contributed by atoms with van der Waals surface area (Å²) >= 11 is 0. The number of hydrogen-bond acceptors (Lipinski definition) is 0. The molecule has 0 heteroatoms. The molecule has 70 valence electrons. The second-order valence-electron chi connectivity index (χ2n) is 3.79. The second-order valence-corrected chi connectivity index (χ2v) is 3.79. The minimum atomic E-state index is 0.291. The van der Waals surface area contributed by atoms with Crippen LogP contribution >= 0.6 is 0 Å². The molecule has 0 nitrogen and oxygen atoms in total. The number of hydrogen-bond donors (Lipinski definition) is 0. The Kier molecular flexibility index (Phi) is 5.89. The van der Waals surface area contributed by atoms with Gasteiger partial charge in [-0.05, 0) is 26.7 Å². The van der Waals surface area contributed by atoms with Gasteiger partial charge in [0.2, 0.25) is 0 Å². The highest BCUT2D eigenvalue weighted by Crippen LogP contribution is 2.28. The molecule has 0 saturated carbocycles. The van der Waals surface area contributed by atoms with Crippen LogP contribution in [0.4, 0.5) is 0 Å². The van der Waals surface area contributed by atoms with Crippen LogP contribution in [0.2, 0.25) is 0 Å². The van der Waals surface area contributed by atoms with E-state index in [4.69, 9.17) is 0 Å². The van der Waals surface area contributed by atoms with Crippen LogP contribution in [0.15, 0.2) is 0 Å². The van der Waals surface area contributed by atoms with Gasteiger partial charge in [-0.15, -0.1) is 5.92 Å². The molecule has 0 aliphatic heterocycles. The molecule has 0 N–H and O–H groups in total. The quantitative estimate of drug-likeness (QED) is 0.541. The van der Waals surface area contributed by atoms with Crippen LogP contribution in [0.25, 0.3) is 0 Å². The molecular formula is C12H22. The van der Waals surface area contributed by atoms with E-state index in [1.165, 1.54) is 32.1 Å². The highest BCUT2D eigenvalue weighted by Gasteiger charge is 2.18. The van der Waals surface area contributed by atoms with Crippen LogP contribution in [-0.4, -0.2) is 0 Å². The molecule has 0 fully saturated rings. The van der Waals surface area contributed by atoms with Gasteiger partial charge in [0.15, 0.2) is 0 Å². The largest absolute Gasteiger partial charge is 0.106 e. The molecule has 0 aromatic carbocycles. The van der Waals surface area contributed by atoms with E-state index in [1.54, 1.807) is 0 Å². The monoisotopic (exact) mass is 166 g/mol. The topological polar surface area (TPSA) is 0 Å². The zero-order valence-corrected chi connectivity index (χ0v) is 9.04. The first-order valence-electron chi connectivity index (χ1n) is 5.12. The van der Waals surface area contributed by atoms with E-state index >= 15 is 0 Å². The van der Waals surface area contributed by atoms with Crippen molar-refractivity contribution in [2.45, 2.75) is 59.8 Å². The molecule has 1 atom stereocenters. The van der Waals surface area contributed by atoms with Crippen molar-refractivity contribution in [3.05, 3.63) is 0 Å². The van der Waals surface area contributed by atoms with Gasteiger partial charge in [0.1, 0.15) is 0 Å². The van der Waals surface area contributed by atoms with Gasteiger partial charge in [0.05, 0.1) is 0 Å². The van der Waals surface area contributed by atoms with E-state index in [-0.39, 0.29) is 0 Å². The SMILES string of the molecule is CC#CC(C)(CCC)CCCC. The van der Waals surface area contributed by atoms with Crippen molar-refractivity contribution in [3.8, 4) is 11.8 Å². The fraction of sp³-hybridized carbons (Fsp3) is 0.833. The van der Waals surface area contributed by atoms with Gasteiger partial charge in [0, 0.05) is 5.41 Å². The number of unbranched alkanes of at least 4 members (excludes halogenated alkanes) is 1. The van der Waals surface area contributed by atoms with E-state index < -0.39 is 0 Å². The Labute approximate surface area is 77.8 Å². The molecule has 0 aromatic heterocycles. The third kappa shape index (κ3) is 4.44. The van der Waals surface area contributed by atoms with E-state index in [9.17, 15) is 0 Å². The van der Waals surface area contributed by atoms with Crippen molar-refractivity contribution in [1.82, 2.24) is 0 Å². The summed E-state index contributed by atoms with van der Waals surface area (Å²) in [5.41, 5.74) is 0.291. The van der Waals surface area contributed by atoms with E-state index in [2.05, 4.69) is 32.6 Å². The van der Waals surface area contributed by atoms with Gasteiger partial charge in [0.25, 0.3) is 0 Å². The first-order valence-corrected chi connectivity index (χ1v) is 5.12. The van der Waals surface area contributed by atoms with Gasteiger partial charge in [-0.25, -0.2) is 0 Å². The van der Waals surface area contributed by atoms with Crippen LogP contribution in [0.5, 0.6) is 0 Å².